The Morgan fingerprint density at radius 3 is 1.33 bits per heavy atom. The van der Waals surface area contributed by atoms with E-state index in [2.05, 4.69) is 0 Å². The Labute approximate surface area is 70.7 Å². The Morgan fingerprint density at radius 1 is 1.33 bits per heavy atom. The Bertz CT molecular complexity index is 33.8. The van der Waals surface area contributed by atoms with E-state index in [0.717, 1.165) is 0 Å². The van der Waals surface area contributed by atoms with Gasteiger partial charge in [0.15, 0.2) is 0 Å². The fraction of sp³-hybridized carbons (Fsp3) is 0. The molecular formula is H3NbO3PZr. The summed E-state index contributed by atoms with van der Waals surface area (Å²) in [5, 5.41) is 0. The molecule has 2 N–H and O–H groups in total. The molecule has 0 amide bonds. The van der Waals surface area contributed by atoms with Crippen molar-refractivity contribution in [2.45, 2.75) is 0 Å². The molecule has 1 radical (unpaired) electrons. The van der Waals surface area contributed by atoms with Crippen LogP contribution >= 0.6 is 8.25 Å². The molecular weight excluding hydrogens is 263 g/mol. The molecule has 6 heteroatoms. The van der Waals surface area contributed by atoms with Crippen molar-refractivity contribution in [3.63, 3.8) is 0 Å². The van der Waals surface area contributed by atoms with Crippen molar-refractivity contribution in [3.8, 4) is 0 Å². The van der Waals surface area contributed by atoms with E-state index in [4.69, 9.17) is 14.4 Å². The van der Waals surface area contributed by atoms with Gasteiger partial charge in [0.1, 0.15) is 0 Å². The van der Waals surface area contributed by atoms with Crippen molar-refractivity contribution in [2.75, 3.05) is 0 Å². The van der Waals surface area contributed by atoms with Crippen LogP contribution in [0.2, 0.25) is 0 Å². The molecule has 0 heterocycles. The second kappa shape index (κ2) is 9.91. The summed E-state index contributed by atoms with van der Waals surface area (Å²) in [7, 11) is -3.13. The summed E-state index contributed by atoms with van der Waals surface area (Å²) < 4.78 is 8.74. The molecule has 0 saturated carbocycles. The van der Waals surface area contributed by atoms with Crippen LogP contribution in [0.3, 0.4) is 0 Å². The molecule has 3 nitrogen and oxygen atoms in total. The van der Waals surface area contributed by atoms with Crippen LogP contribution in [0, 0.1) is 0 Å². The van der Waals surface area contributed by atoms with Crippen LogP contribution in [0.1, 0.15) is 0 Å². The summed E-state index contributed by atoms with van der Waals surface area (Å²) in [6.45, 7) is 0. The third-order valence-corrected chi connectivity index (χ3v) is 0. The number of hydrogen-bond acceptors (Lipinski definition) is 1. The molecule has 6 heavy (non-hydrogen) atoms. The maximum absolute atomic E-state index is 8.74. The molecule has 0 aliphatic heterocycles. The first-order chi connectivity index (χ1) is 1.73. The van der Waals surface area contributed by atoms with Gasteiger partial charge in [-0.2, -0.15) is 0 Å². The molecule has 0 unspecified atom stereocenters. The van der Waals surface area contributed by atoms with Crippen molar-refractivity contribution in [1.29, 1.82) is 0 Å². The van der Waals surface area contributed by atoms with E-state index in [1.165, 1.54) is 0 Å². The fourth-order valence-corrected chi connectivity index (χ4v) is 0. The Morgan fingerprint density at radius 2 is 1.33 bits per heavy atom. The molecule has 0 bridgehead atoms. The van der Waals surface area contributed by atoms with E-state index < -0.39 is 8.25 Å². The van der Waals surface area contributed by atoms with Crippen LogP contribution in [0.25, 0.3) is 0 Å². The van der Waals surface area contributed by atoms with E-state index in [-0.39, 0.29) is 48.6 Å². The van der Waals surface area contributed by atoms with Crippen LogP contribution in [-0.2, 0) is 53.1 Å². The average Bonchev–Trinajstić information content (AvgIpc) is 0.811. The molecule has 0 aliphatic rings. The Kier molecular flexibility index (Phi) is 25.8. The Hall–Kier alpha value is 1.77. The molecule has 0 spiro atoms. The zero-order valence-electron chi connectivity index (χ0n) is 2.75. The van der Waals surface area contributed by atoms with Gasteiger partial charge in [-0.25, -0.2) is 0 Å². The predicted molar refractivity (Wildman–Crippen MR) is 13.4 cm³/mol. The number of hydrogen-bond donors (Lipinski definition) is 2. The van der Waals surface area contributed by atoms with Gasteiger partial charge in [0.25, 0.3) is 0 Å². The van der Waals surface area contributed by atoms with Gasteiger partial charge in [-0.15, -0.1) is 0 Å². The SMILES string of the molecule is O=[PH](O)O.[Nb].[Zr]. The molecule has 0 rings (SSSR count). The molecule has 0 aromatic rings. The van der Waals surface area contributed by atoms with Gasteiger partial charge in [-0.1, -0.05) is 0 Å². The smallest absolute Gasteiger partial charge is 0.314 e. The third kappa shape index (κ3) is 41.8. The van der Waals surface area contributed by atoms with Gasteiger partial charge in [0.05, 0.1) is 0 Å². The maximum Gasteiger partial charge on any atom is 0.314 e. The first-order valence-electron chi connectivity index (χ1n) is 0.651. The maximum atomic E-state index is 8.74. The topological polar surface area (TPSA) is 57.5 Å². The monoisotopic (exact) mass is 265 g/mol. The predicted octanol–water partition coefficient (Wildman–Crippen LogP) is -0.644. The molecule has 0 fully saturated rings. The minimum absolute atomic E-state index is 0. The summed E-state index contributed by atoms with van der Waals surface area (Å²) in [6.07, 6.45) is 0. The van der Waals surface area contributed by atoms with Crippen LogP contribution < -0.4 is 0 Å². The molecule has 0 aromatic carbocycles. The van der Waals surface area contributed by atoms with Crippen molar-refractivity contribution >= 4 is 8.25 Å². The summed E-state index contributed by atoms with van der Waals surface area (Å²) in [6, 6.07) is 0. The first-order valence-corrected chi connectivity index (χ1v) is 1.95. The van der Waals surface area contributed by atoms with Gasteiger partial charge in [0, 0.05) is 48.6 Å². The average molecular weight is 266 g/mol. The fourth-order valence-electron chi connectivity index (χ4n) is 0. The minimum atomic E-state index is -3.13. The largest absolute Gasteiger partial charge is 0.326 e. The van der Waals surface area contributed by atoms with Crippen LogP contribution in [0.5, 0.6) is 0 Å². The summed E-state index contributed by atoms with van der Waals surface area (Å²) in [4.78, 5) is 14.3. The van der Waals surface area contributed by atoms with Crippen LogP contribution in [-0.4, -0.2) is 9.79 Å². The van der Waals surface area contributed by atoms with Gasteiger partial charge < -0.3 is 9.79 Å². The molecule has 35 valence electrons. The summed E-state index contributed by atoms with van der Waals surface area (Å²) in [5.41, 5.74) is 0. The van der Waals surface area contributed by atoms with Crippen molar-refractivity contribution < 1.29 is 62.9 Å². The molecule has 0 saturated heterocycles. The first kappa shape index (κ1) is 15.7. The van der Waals surface area contributed by atoms with Gasteiger partial charge in [-0.3, -0.25) is 4.57 Å². The zero-order valence-corrected chi connectivity index (χ0v) is 8.41. The normalized spacial score (nSPS) is 5.83. The Balaban J connectivity index is -0.0000000450. The van der Waals surface area contributed by atoms with Crippen molar-refractivity contribution in [2.24, 2.45) is 0 Å². The summed E-state index contributed by atoms with van der Waals surface area (Å²) >= 11 is 0. The summed E-state index contributed by atoms with van der Waals surface area (Å²) in [5.74, 6) is 0. The molecule has 0 aliphatic carbocycles. The quantitative estimate of drug-likeness (QED) is 0.453. The number of rotatable bonds is 0. The van der Waals surface area contributed by atoms with Gasteiger partial charge in [0.2, 0.25) is 0 Å². The second-order valence-electron chi connectivity index (χ2n) is 0.283. The zero-order chi connectivity index (χ0) is 3.58. The molecule has 0 aromatic heterocycles. The van der Waals surface area contributed by atoms with Crippen LogP contribution in [0.15, 0.2) is 0 Å². The van der Waals surface area contributed by atoms with E-state index in [1.807, 2.05) is 0 Å². The van der Waals surface area contributed by atoms with Crippen LogP contribution in [0.4, 0.5) is 0 Å². The van der Waals surface area contributed by atoms with E-state index >= 15 is 0 Å². The van der Waals surface area contributed by atoms with Crippen molar-refractivity contribution in [3.05, 3.63) is 0 Å². The van der Waals surface area contributed by atoms with E-state index in [0.29, 0.717) is 0 Å². The van der Waals surface area contributed by atoms with Gasteiger partial charge >= 0.3 is 8.25 Å². The standard InChI is InChI=1S/Nb.H3O3P.Zr/c;1-4(2)3;/h;4H,(H2,1,2,3);. The van der Waals surface area contributed by atoms with Crippen molar-refractivity contribution in [1.82, 2.24) is 0 Å². The van der Waals surface area contributed by atoms with E-state index in [9.17, 15) is 0 Å². The molecule has 0 atom stereocenters. The third-order valence-electron chi connectivity index (χ3n) is 0. The van der Waals surface area contributed by atoms with Gasteiger partial charge in [-0.05, 0) is 0 Å². The minimum Gasteiger partial charge on any atom is -0.326 e. The van der Waals surface area contributed by atoms with E-state index in [1.54, 1.807) is 0 Å². The second-order valence-corrected chi connectivity index (χ2v) is 0.848.